The Kier molecular flexibility index (Phi) is 5.60. The Morgan fingerprint density at radius 1 is 1.38 bits per heavy atom. The second-order valence-electron chi connectivity index (χ2n) is 6.76. The molecule has 2 aliphatic heterocycles. The van der Waals surface area contributed by atoms with Gasteiger partial charge in [-0.2, -0.15) is 0 Å². The molecule has 2 aliphatic rings. The highest BCUT2D eigenvalue weighted by Crippen LogP contribution is 2.19. The second kappa shape index (κ2) is 7.05. The molecule has 0 saturated carbocycles. The van der Waals surface area contributed by atoms with E-state index in [1.807, 2.05) is 13.8 Å². The van der Waals surface area contributed by atoms with E-state index in [0.717, 1.165) is 45.8 Å². The summed E-state index contributed by atoms with van der Waals surface area (Å²) in [5.41, 5.74) is -0.881. The van der Waals surface area contributed by atoms with Crippen LogP contribution in [0.25, 0.3) is 0 Å². The third-order valence-electron chi connectivity index (χ3n) is 4.43. The molecule has 0 radical (unpaired) electrons. The Labute approximate surface area is 127 Å². The van der Waals surface area contributed by atoms with Gasteiger partial charge in [0.15, 0.2) is 0 Å². The van der Waals surface area contributed by atoms with Crippen molar-refractivity contribution in [2.24, 2.45) is 0 Å². The van der Waals surface area contributed by atoms with Crippen molar-refractivity contribution in [3.63, 3.8) is 0 Å². The Morgan fingerprint density at radius 3 is 2.62 bits per heavy atom. The van der Waals surface area contributed by atoms with Gasteiger partial charge in [-0.25, -0.2) is 0 Å². The number of morpholine rings is 1. The van der Waals surface area contributed by atoms with E-state index in [9.17, 15) is 9.90 Å². The standard InChI is InChI=1S/C15H29N3O3/c1-12(2)16-15(3,14(19)20)11-17-5-4-13(10-17)18-6-8-21-9-7-18/h12-13,16H,4-11H2,1-3H3,(H,19,20). The number of aliphatic carboxylic acids is 1. The van der Waals surface area contributed by atoms with Gasteiger partial charge < -0.3 is 9.84 Å². The molecular weight excluding hydrogens is 270 g/mol. The average molecular weight is 299 g/mol. The van der Waals surface area contributed by atoms with Gasteiger partial charge >= 0.3 is 5.97 Å². The monoisotopic (exact) mass is 299 g/mol. The van der Waals surface area contributed by atoms with Crippen molar-refractivity contribution >= 4 is 5.97 Å². The molecule has 0 aromatic carbocycles. The number of carboxylic acid groups (broad SMARTS) is 1. The largest absolute Gasteiger partial charge is 0.480 e. The van der Waals surface area contributed by atoms with Gasteiger partial charge in [0.05, 0.1) is 13.2 Å². The van der Waals surface area contributed by atoms with Crippen LogP contribution in [0.3, 0.4) is 0 Å². The first kappa shape index (κ1) is 16.7. The van der Waals surface area contributed by atoms with Crippen LogP contribution in [0.5, 0.6) is 0 Å². The first-order valence-electron chi connectivity index (χ1n) is 7.96. The van der Waals surface area contributed by atoms with Gasteiger partial charge in [-0.05, 0) is 33.7 Å². The smallest absolute Gasteiger partial charge is 0.324 e. The number of nitrogens with zero attached hydrogens (tertiary/aromatic N) is 2. The number of nitrogens with one attached hydrogen (secondary N) is 1. The van der Waals surface area contributed by atoms with Crippen LogP contribution in [-0.2, 0) is 9.53 Å². The number of likely N-dealkylation sites (tertiary alicyclic amines) is 1. The summed E-state index contributed by atoms with van der Waals surface area (Å²) in [5, 5.41) is 12.7. The molecule has 0 aromatic rings. The number of rotatable bonds is 6. The van der Waals surface area contributed by atoms with E-state index in [4.69, 9.17) is 4.74 Å². The highest BCUT2D eigenvalue weighted by Gasteiger charge is 2.38. The van der Waals surface area contributed by atoms with Crippen LogP contribution in [0.15, 0.2) is 0 Å². The molecule has 2 saturated heterocycles. The molecule has 122 valence electrons. The summed E-state index contributed by atoms with van der Waals surface area (Å²) in [4.78, 5) is 16.4. The highest BCUT2D eigenvalue weighted by atomic mass is 16.5. The zero-order chi connectivity index (χ0) is 15.5. The molecular formula is C15H29N3O3. The van der Waals surface area contributed by atoms with Crippen LogP contribution < -0.4 is 5.32 Å². The molecule has 2 rings (SSSR count). The summed E-state index contributed by atoms with van der Waals surface area (Å²) in [6.07, 6.45) is 1.12. The van der Waals surface area contributed by atoms with Crippen LogP contribution >= 0.6 is 0 Å². The van der Waals surface area contributed by atoms with Crippen LogP contribution in [0.1, 0.15) is 27.2 Å². The van der Waals surface area contributed by atoms with Crippen LogP contribution in [0.2, 0.25) is 0 Å². The highest BCUT2D eigenvalue weighted by molar-refractivity contribution is 5.78. The van der Waals surface area contributed by atoms with Gasteiger partial charge in [-0.1, -0.05) is 0 Å². The van der Waals surface area contributed by atoms with Crippen molar-refractivity contribution in [2.45, 2.75) is 44.8 Å². The first-order chi connectivity index (χ1) is 9.90. The zero-order valence-electron chi connectivity index (χ0n) is 13.5. The molecule has 6 heteroatoms. The van der Waals surface area contributed by atoms with Gasteiger partial charge in [0.25, 0.3) is 0 Å². The summed E-state index contributed by atoms with van der Waals surface area (Å²) in [6, 6.07) is 0.703. The summed E-state index contributed by atoms with van der Waals surface area (Å²) >= 11 is 0. The Balaban J connectivity index is 1.89. The minimum atomic E-state index is -0.881. The Hall–Kier alpha value is -0.690. The topological polar surface area (TPSA) is 65.0 Å². The lowest BCUT2D eigenvalue weighted by atomic mass is 10.0. The quantitative estimate of drug-likeness (QED) is 0.732. The van der Waals surface area contributed by atoms with E-state index in [2.05, 4.69) is 15.1 Å². The van der Waals surface area contributed by atoms with Crippen molar-refractivity contribution in [2.75, 3.05) is 45.9 Å². The van der Waals surface area contributed by atoms with Gasteiger partial charge in [0.1, 0.15) is 5.54 Å². The Bertz CT molecular complexity index is 358. The molecule has 2 fully saturated rings. The van der Waals surface area contributed by atoms with E-state index in [-0.39, 0.29) is 6.04 Å². The molecule has 2 atom stereocenters. The fraction of sp³-hybridized carbons (Fsp3) is 0.933. The number of hydrogen-bond acceptors (Lipinski definition) is 5. The number of carbonyl (C=O) groups is 1. The minimum Gasteiger partial charge on any atom is -0.480 e. The molecule has 0 spiro atoms. The number of hydrogen-bond donors (Lipinski definition) is 2. The summed E-state index contributed by atoms with van der Waals surface area (Å²) < 4.78 is 5.40. The number of ether oxygens (including phenoxy) is 1. The fourth-order valence-electron chi connectivity index (χ4n) is 3.46. The van der Waals surface area contributed by atoms with Crippen LogP contribution in [-0.4, -0.2) is 84.4 Å². The third-order valence-corrected chi connectivity index (χ3v) is 4.43. The number of carboxylic acids is 1. The summed E-state index contributed by atoms with van der Waals surface area (Å²) in [5.74, 6) is -0.772. The van der Waals surface area contributed by atoms with E-state index in [1.165, 1.54) is 0 Å². The molecule has 6 nitrogen and oxygen atoms in total. The van der Waals surface area contributed by atoms with Gasteiger partial charge in [0, 0.05) is 38.3 Å². The lowest BCUT2D eigenvalue weighted by molar-refractivity contribution is -0.145. The Morgan fingerprint density at radius 2 is 2.05 bits per heavy atom. The average Bonchev–Trinajstić information content (AvgIpc) is 2.87. The molecule has 2 unspecified atom stereocenters. The minimum absolute atomic E-state index is 0.156. The summed E-state index contributed by atoms with van der Waals surface area (Å²) in [6.45, 7) is 11.9. The third kappa shape index (κ3) is 4.39. The lowest BCUT2D eigenvalue weighted by Crippen LogP contribution is -2.59. The predicted octanol–water partition coefficient (Wildman–Crippen LogP) is 0.234. The van der Waals surface area contributed by atoms with Gasteiger partial charge in [-0.15, -0.1) is 0 Å². The normalized spacial score (nSPS) is 27.9. The van der Waals surface area contributed by atoms with Gasteiger partial charge in [-0.3, -0.25) is 19.9 Å². The molecule has 0 bridgehead atoms. The molecule has 0 amide bonds. The SMILES string of the molecule is CC(C)NC(C)(CN1CCC(N2CCOCC2)C1)C(=O)O. The van der Waals surface area contributed by atoms with Crippen LogP contribution in [0.4, 0.5) is 0 Å². The first-order valence-corrected chi connectivity index (χ1v) is 7.96. The predicted molar refractivity (Wildman–Crippen MR) is 81.5 cm³/mol. The fourth-order valence-corrected chi connectivity index (χ4v) is 3.46. The summed E-state index contributed by atoms with van der Waals surface area (Å²) in [7, 11) is 0. The molecule has 2 heterocycles. The maximum absolute atomic E-state index is 11.6. The maximum Gasteiger partial charge on any atom is 0.324 e. The van der Waals surface area contributed by atoms with E-state index < -0.39 is 11.5 Å². The van der Waals surface area contributed by atoms with E-state index in [0.29, 0.717) is 12.6 Å². The lowest BCUT2D eigenvalue weighted by Gasteiger charge is -2.34. The maximum atomic E-state index is 11.6. The molecule has 2 N–H and O–H groups in total. The molecule has 21 heavy (non-hydrogen) atoms. The van der Waals surface area contributed by atoms with E-state index >= 15 is 0 Å². The van der Waals surface area contributed by atoms with Crippen molar-refractivity contribution in [3.05, 3.63) is 0 Å². The molecule has 0 aromatic heterocycles. The van der Waals surface area contributed by atoms with Crippen LogP contribution in [0, 0.1) is 0 Å². The van der Waals surface area contributed by atoms with Crippen molar-refractivity contribution < 1.29 is 14.6 Å². The van der Waals surface area contributed by atoms with Crippen molar-refractivity contribution in [3.8, 4) is 0 Å². The van der Waals surface area contributed by atoms with Crippen molar-refractivity contribution in [1.82, 2.24) is 15.1 Å². The van der Waals surface area contributed by atoms with Gasteiger partial charge in [0.2, 0.25) is 0 Å². The zero-order valence-corrected chi connectivity index (χ0v) is 13.5. The van der Waals surface area contributed by atoms with E-state index in [1.54, 1.807) is 6.92 Å². The second-order valence-corrected chi connectivity index (χ2v) is 6.76. The molecule has 0 aliphatic carbocycles. The van der Waals surface area contributed by atoms with Crippen molar-refractivity contribution in [1.29, 1.82) is 0 Å².